The minimum Gasteiger partial charge on any atom is -0.352 e. The highest BCUT2D eigenvalue weighted by atomic mass is 16.1. The topological polar surface area (TPSA) is 57.8 Å². The first-order chi connectivity index (χ1) is 11.8. The average Bonchev–Trinajstić information content (AvgIpc) is 3.11. The molecule has 3 aromatic rings. The van der Waals surface area contributed by atoms with Crippen molar-refractivity contribution in [2.24, 2.45) is 0 Å². The van der Waals surface area contributed by atoms with E-state index in [-0.39, 0.29) is 5.91 Å². The highest BCUT2D eigenvalue weighted by molar-refractivity contribution is 5.91. The van der Waals surface area contributed by atoms with E-state index in [1.807, 2.05) is 66.9 Å². The van der Waals surface area contributed by atoms with Crippen LogP contribution in [0.4, 0.5) is 0 Å². The lowest BCUT2D eigenvalue weighted by molar-refractivity contribution is -0.116. The molecule has 0 unspecified atom stereocenters. The predicted molar refractivity (Wildman–Crippen MR) is 96.2 cm³/mol. The summed E-state index contributed by atoms with van der Waals surface area (Å²) in [5.74, 6) is 0.752. The average molecular weight is 317 g/mol. The summed E-state index contributed by atoms with van der Waals surface area (Å²) >= 11 is 0. The Morgan fingerprint density at radius 2 is 1.75 bits per heavy atom. The minimum absolute atomic E-state index is 0.0957. The molecule has 0 atom stereocenters. The van der Waals surface area contributed by atoms with Crippen LogP contribution in [0.2, 0.25) is 0 Å². The van der Waals surface area contributed by atoms with Crippen molar-refractivity contribution >= 4 is 12.0 Å². The number of carbonyl (C=O) groups excluding carboxylic acids is 1. The number of rotatable bonds is 6. The van der Waals surface area contributed by atoms with Crippen molar-refractivity contribution in [1.82, 2.24) is 15.3 Å². The molecule has 1 amide bonds. The summed E-state index contributed by atoms with van der Waals surface area (Å²) in [5, 5.41) is 2.88. The molecule has 0 fully saturated rings. The van der Waals surface area contributed by atoms with E-state index >= 15 is 0 Å². The first-order valence-corrected chi connectivity index (χ1v) is 7.91. The van der Waals surface area contributed by atoms with E-state index < -0.39 is 0 Å². The zero-order valence-electron chi connectivity index (χ0n) is 13.3. The number of aromatic amines is 1. The lowest BCUT2D eigenvalue weighted by Gasteiger charge is -2.00. The van der Waals surface area contributed by atoms with Crippen LogP contribution in [0.1, 0.15) is 11.3 Å². The summed E-state index contributed by atoms with van der Waals surface area (Å²) in [5.41, 5.74) is 3.06. The molecule has 0 saturated heterocycles. The molecule has 24 heavy (non-hydrogen) atoms. The number of nitrogens with one attached hydrogen (secondary N) is 2. The maximum atomic E-state index is 11.8. The van der Waals surface area contributed by atoms with Gasteiger partial charge < -0.3 is 10.3 Å². The summed E-state index contributed by atoms with van der Waals surface area (Å²) in [6, 6.07) is 19.7. The van der Waals surface area contributed by atoms with Gasteiger partial charge in [0, 0.05) is 36.5 Å². The lowest BCUT2D eigenvalue weighted by Crippen LogP contribution is -2.23. The number of amides is 1. The molecule has 4 nitrogen and oxygen atoms in total. The SMILES string of the molecule is O=C(/C=C/c1ccccc1)NCCc1cnc(-c2ccccc2)[nH]1. The molecule has 2 aromatic carbocycles. The van der Waals surface area contributed by atoms with Gasteiger partial charge in [0.15, 0.2) is 0 Å². The molecule has 2 N–H and O–H groups in total. The lowest BCUT2D eigenvalue weighted by atomic mass is 10.2. The molecule has 0 aliphatic carbocycles. The monoisotopic (exact) mass is 317 g/mol. The van der Waals surface area contributed by atoms with Crippen molar-refractivity contribution in [3.63, 3.8) is 0 Å². The number of benzene rings is 2. The van der Waals surface area contributed by atoms with Gasteiger partial charge in [-0.1, -0.05) is 60.7 Å². The zero-order chi connectivity index (χ0) is 16.6. The van der Waals surface area contributed by atoms with Crippen LogP contribution in [-0.4, -0.2) is 22.4 Å². The Balaban J connectivity index is 1.47. The van der Waals surface area contributed by atoms with E-state index in [4.69, 9.17) is 0 Å². The van der Waals surface area contributed by atoms with Crippen molar-refractivity contribution in [1.29, 1.82) is 0 Å². The van der Waals surface area contributed by atoms with Crippen LogP contribution in [-0.2, 0) is 11.2 Å². The number of carbonyl (C=O) groups is 1. The second-order valence-corrected chi connectivity index (χ2v) is 5.41. The van der Waals surface area contributed by atoms with Crippen molar-refractivity contribution in [3.05, 3.63) is 84.2 Å². The fraction of sp³-hybridized carbons (Fsp3) is 0.100. The first-order valence-electron chi connectivity index (χ1n) is 7.91. The van der Waals surface area contributed by atoms with E-state index in [2.05, 4.69) is 15.3 Å². The summed E-state index contributed by atoms with van der Waals surface area (Å²) < 4.78 is 0. The third kappa shape index (κ3) is 4.43. The van der Waals surface area contributed by atoms with E-state index in [0.29, 0.717) is 13.0 Å². The van der Waals surface area contributed by atoms with Gasteiger partial charge in [-0.25, -0.2) is 4.98 Å². The Morgan fingerprint density at radius 1 is 1.04 bits per heavy atom. The number of aromatic nitrogens is 2. The number of hydrogen-bond acceptors (Lipinski definition) is 2. The van der Waals surface area contributed by atoms with E-state index in [0.717, 1.165) is 22.6 Å². The van der Waals surface area contributed by atoms with E-state index in [9.17, 15) is 4.79 Å². The fourth-order valence-corrected chi connectivity index (χ4v) is 2.34. The van der Waals surface area contributed by atoms with E-state index in [1.165, 1.54) is 0 Å². The largest absolute Gasteiger partial charge is 0.352 e. The van der Waals surface area contributed by atoms with Gasteiger partial charge in [0.2, 0.25) is 5.91 Å². The van der Waals surface area contributed by atoms with Gasteiger partial charge in [-0.15, -0.1) is 0 Å². The van der Waals surface area contributed by atoms with Gasteiger partial charge in [0.05, 0.1) is 0 Å². The van der Waals surface area contributed by atoms with Crippen molar-refractivity contribution in [3.8, 4) is 11.4 Å². The standard InChI is InChI=1S/C20H19N3O/c24-19(12-11-16-7-3-1-4-8-16)21-14-13-18-15-22-20(23-18)17-9-5-2-6-10-17/h1-12,15H,13-14H2,(H,21,24)(H,22,23)/b12-11+. The van der Waals surface area contributed by atoms with Crippen LogP contribution in [0.15, 0.2) is 72.9 Å². The van der Waals surface area contributed by atoms with Crippen LogP contribution in [0.25, 0.3) is 17.5 Å². The number of imidazole rings is 1. The molecule has 1 heterocycles. The predicted octanol–water partition coefficient (Wildman–Crippen LogP) is 3.45. The van der Waals surface area contributed by atoms with Crippen LogP contribution in [0.5, 0.6) is 0 Å². The van der Waals surface area contributed by atoms with Crippen LogP contribution in [0.3, 0.4) is 0 Å². The number of H-pyrrole nitrogens is 1. The Bertz CT molecular complexity index is 807. The molecular weight excluding hydrogens is 298 g/mol. The summed E-state index contributed by atoms with van der Waals surface area (Å²) in [7, 11) is 0. The van der Waals surface area contributed by atoms with Crippen LogP contribution >= 0.6 is 0 Å². The van der Waals surface area contributed by atoms with Gasteiger partial charge in [0.25, 0.3) is 0 Å². The third-order valence-electron chi connectivity index (χ3n) is 3.60. The van der Waals surface area contributed by atoms with Crippen molar-refractivity contribution in [2.45, 2.75) is 6.42 Å². The Labute approximate surface area is 141 Å². The normalized spacial score (nSPS) is 10.8. The van der Waals surface area contributed by atoms with E-state index in [1.54, 1.807) is 12.2 Å². The van der Waals surface area contributed by atoms with Gasteiger partial charge in [-0.05, 0) is 11.6 Å². The minimum atomic E-state index is -0.0957. The number of nitrogens with zero attached hydrogens (tertiary/aromatic N) is 1. The Hall–Kier alpha value is -3.14. The third-order valence-corrected chi connectivity index (χ3v) is 3.60. The molecule has 0 spiro atoms. The summed E-state index contributed by atoms with van der Waals surface area (Å²) in [4.78, 5) is 19.5. The Kier molecular flexibility index (Phi) is 5.20. The molecule has 0 aliphatic heterocycles. The molecule has 120 valence electrons. The highest BCUT2D eigenvalue weighted by Gasteiger charge is 2.03. The summed E-state index contributed by atoms with van der Waals surface area (Å²) in [6.45, 7) is 0.564. The molecule has 0 bridgehead atoms. The molecule has 3 rings (SSSR count). The molecule has 4 heteroatoms. The molecule has 0 radical (unpaired) electrons. The Morgan fingerprint density at radius 3 is 2.50 bits per heavy atom. The first kappa shape index (κ1) is 15.7. The van der Waals surface area contributed by atoms with Crippen molar-refractivity contribution in [2.75, 3.05) is 6.54 Å². The van der Waals surface area contributed by atoms with Gasteiger partial charge in [0.1, 0.15) is 5.82 Å². The maximum absolute atomic E-state index is 11.8. The highest BCUT2D eigenvalue weighted by Crippen LogP contribution is 2.14. The zero-order valence-corrected chi connectivity index (χ0v) is 13.3. The van der Waals surface area contributed by atoms with Gasteiger partial charge in [-0.3, -0.25) is 4.79 Å². The van der Waals surface area contributed by atoms with Crippen LogP contribution in [0, 0.1) is 0 Å². The van der Waals surface area contributed by atoms with Crippen LogP contribution < -0.4 is 5.32 Å². The second-order valence-electron chi connectivity index (χ2n) is 5.41. The maximum Gasteiger partial charge on any atom is 0.244 e. The smallest absolute Gasteiger partial charge is 0.244 e. The number of hydrogen-bond donors (Lipinski definition) is 2. The molecule has 0 aliphatic rings. The van der Waals surface area contributed by atoms with Gasteiger partial charge in [-0.2, -0.15) is 0 Å². The fourth-order valence-electron chi connectivity index (χ4n) is 2.34. The quantitative estimate of drug-likeness (QED) is 0.684. The van der Waals surface area contributed by atoms with Gasteiger partial charge >= 0.3 is 0 Å². The second kappa shape index (κ2) is 7.92. The van der Waals surface area contributed by atoms with Crippen molar-refractivity contribution < 1.29 is 4.79 Å². The molecule has 0 saturated carbocycles. The molecular formula is C20H19N3O. The molecule has 1 aromatic heterocycles. The summed E-state index contributed by atoms with van der Waals surface area (Å²) in [6.07, 6.45) is 5.88.